The van der Waals surface area contributed by atoms with Gasteiger partial charge in [0.1, 0.15) is 5.78 Å². The van der Waals surface area contributed by atoms with Crippen LogP contribution in [0.25, 0.3) is 0 Å². The first-order chi connectivity index (χ1) is 10.5. The highest BCUT2D eigenvalue weighted by molar-refractivity contribution is 5.87. The van der Waals surface area contributed by atoms with E-state index in [2.05, 4.69) is 13.0 Å². The Balaban J connectivity index is 1.72. The average molecular weight is 304 g/mol. The number of allylic oxidation sites excluding steroid dienone is 1. The van der Waals surface area contributed by atoms with Gasteiger partial charge in [0.05, 0.1) is 12.7 Å². The van der Waals surface area contributed by atoms with Crippen molar-refractivity contribution in [2.75, 3.05) is 6.61 Å². The van der Waals surface area contributed by atoms with E-state index in [4.69, 9.17) is 0 Å². The standard InChI is InChI=1S/C19H28O3/c1-18-8-7-16-14(15(18)4-5-17(18)22)3-2-12-10-13(21)6-9-19(12,16)11-20/h2,13-16,20-21H,3-11H2,1H3/t13-,14-,15+,16-,18-,19+/m0/s1. The zero-order valence-electron chi connectivity index (χ0n) is 13.6. The summed E-state index contributed by atoms with van der Waals surface area (Å²) in [5.74, 6) is 2.04. The topological polar surface area (TPSA) is 57.5 Å². The lowest BCUT2D eigenvalue weighted by Gasteiger charge is -2.57. The summed E-state index contributed by atoms with van der Waals surface area (Å²) in [6, 6.07) is 0. The van der Waals surface area contributed by atoms with E-state index >= 15 is 0 Å². The van der Waals surface area contributed by atoms with Gasteiger partial charge in [0, 0.05) is 17.3 Å². The van der Waals surface area contributed by atoms with Crippen LogP contribution in [0.3, 0.4) is 0 Å². The summed E-state index contributed by atoms with van der Waals surface area (Å²) in [7, 11) is 0. The SMILES string of the molecule is C[C@]12CC[C@H]3[C@@H](CC=C4C[C@@H](O)CC[C@@]43CO)[C@H]1CCC2=O. The van der Waals surface area contributed by atoms with Crippen molar-refractivity contribution in [1.29, 1.82) is 0 Å². The first-order valence-electron chi connectivity index (χ1n) is 9.03. The van der Waals surface area contributed by atoms with Crippen LogP contribution in [-0.2, 0) is 4.79 Å². The van der Waals surface area contributed by atoms with E-state index in [1.165, 1.54) is 5.57 Å². The monoisotopic (exact) mass is 304 g/mol. The summed E-state index contributed by atoms with van der Waals surface area (Å²) in [5, 5.41) is 20.3. The van der Waals surface area contributed by atoms with E-state index in [9.17, 15) is 15.0 Å². The van der Waals surface area contributed by atoms with Gasteiger partial charge in [-0.3, -0.25) is 4.79 Å². The molecule has 0 heterocycles. The molecule has 0 bridgehead atoms. The van der Waals surface area contributed by atoms with Crippen molar-refractivity contribution in [3.05, 3.63) is 11.6 Å². The summed E-state index contributed by atoms with van der Waals surface area (Å²) in [6.07, 6.45) is 9.45. The van der Waals surface area contributed by atoms with Crippen molar-refractivity contribution in [3.8, 4) is 0 Å². The minimum absolute atomic E-state index is 0.0999. The molecule has 2 N–H and O–H groups in total. The molecule has 0 unspecified atom stereocenters. The van der Waals surface area contributed by atoms with E-state index < -0.39 is 0 Å². The molecule has 4 rings (SSSR count). The van der Waals surface area contributed by atoms with Gasteiger partial charge in [0.25, 0.3) is 0 Å². The van der Waals surface area contributed by atoms with Gasteiger partial charge >= 0.3 is 0 Å². The van der Waals surface area contributed by atoms with Gasteiger partial charge in [-0.2, -0.15) is 0 Å². The molecular weight excluding hydrogens is 276 g/mol. The van der Waals surface area contributed by atoms with Crippen LogP contribution in [0.15, 0.2) is 11.6 Å². The maximum Gasteiger partial charge on any atom is 0.139 e. The fourth-order valence-electron chi connectivity index (χ4n) is 6.50. The molecule has 3 saturated carbocycles. The Hall–Kier alpha value is -0.670. The van der Waals surface area contributed by atoms with Gasteiger partial charge in [0.2, 0.25) is 0 Å². The van der Waals surface area contributed by atoms with Crippen LogP contribution < -0.4 is 0 Å². The predicted molar refractivity (Wildman–Crippen MR) is 84.1 cm³/mol. The minimum Gasteiger partial charge on any atom is -0.395 e. The Bertz CT molecular complexity index is 525. The molecule has 3 fully saturated rings. The number of hydrogen-bond donors (Lipinski definition) is 2. The second-order valence-electron chi connectivity index (χ2n) is 8.47. The summed E-state index contributed by atoms with van der Waals surface area (Å²) in [6.45, 7) is 2.41. The Morgan fingerprint density at radius 3 is 2.82 bits per heavy atom. The van der Waals surface area contributed by atoms with Crippen molar-refractivity contribution >= 4 is 5.78 Å². The molecule has 6 atom stereocenters. The van der Waals surface area contributed by atoms with Crippen molar-refractivity contribution in [2.45, 2.75) is 64.4 Å². The van der Waals surface area contributed by atoms with Crippen LogP contribution in [0.1, 0.15) is 58.3 Å². The van der Waals surface area contributed by atoms with Gasteiger partial charge < -0.3 is 10.2 Å². The molecule has 0 aromatic rings. The number of ketones is 1. The normalized spacial score (nSPS) is 50.9. The van der Waals surface area contributed by atoms with Gasteiger partial charge in [-0.25, -0.2) is 0 Å². The Morgan fingerprint density at radius 2 is 2.05 bits per heavy atom. The second-order valence-corrected chi connectivity index (χ2v) is 8.47. The molecule has 0 radical (unpaired) electrons. The molecule has 3 heteroatoms. The molecule has 0 aromatic heterocycles. The van der Waals surface area contributed by atoms with Crippen molar-refractivity contribution in [1.82, 2.24) is 0 Å². The molecular formula is C19H28O3. The zero-order valence-corrected chi connectivity index (χ0v) is 13.6. The number of aliphatic hydroxyl groups excluding tert-OH is 2. The molecule has 0 saturated heterocycles. The third-order valence-corrected chi connectivity index (χ3v) is 7.79. The lowest BCUT2D eigenvalue weighted by Crippen LogP contribution is -2.53. The fourth-order valence-corrected chi connectivity index (χ4v) is 6.50. The fraction of sp³-hybridized carbons (Fsp3) is 0.842. The number of carbonyl (C=O) groups excluding carboxylic acids is 1. The van der Waals surface area contributed by atoms with Gasteiger partial charge in [-0.1, -0.05) is 18.6 Å². The molecule has 22 heavy (non-hydrogen) atoms. The van der Waals surface area contributed by atoms with Crippen LogP contribution in [0.4, 0.5) is 0 Å². The van der Waals surface area contributed by atoms with E-state index in [-0.39, 0.29) is 23.5 Å². The third kappa shape index (κ3) is 1.78. The number of Topliss-reactive ketones (excluding diaryl/α,β-unsaturated/α-hetero) is 1. The lowest BCUT2D eigenvalue weighted by molar-refractivity contribution is -0.133. The Kier molecular flexibility index (Phi) is 3.32. The molecule has 4 aliphatic carbocycles. The average Bonchev–Trinajstić information content (AvgIpc) is 2.82. The summed E-state index contributed by atoms with van der Waals surface area (Å²) in [5.41, 5.74) is 1.11. The predicted octanol–water partition coefficient (Wildman–Crippen LogP) is 2.85. The highest BCUT2D eigenvalue weighted by atomic mass is 16.3. The highest BCUT2D eigenvalue weighted by Crippen LogP contribution is 2.63. The van der Waals surface area contributed by atoms with Crippen LogP contribution >= 0.6 is 0 Å². The number of carbonyl (C=O) groups is 1. The first-order valence-corrected chi connectivity index (χ1v) is 9.03. The Morgan fingerprint density at radius 1 is 1.23 bits per heavy atom. The number of fused-ring (bicyclic) bond motifs is 5. The van der Waals surface area contributed by atoms with E-state index in [1.54, 1.807) is 0 Å². The zero-order chi connectivity index (χ0) is 15.5. The molecule has 0 amide bonds. The van der Waals surface area contributed by atoms with Gasteiger partial charge in [0.15, 0.2) is 0 Å². The van der Waals surface area contributed by atoms with Crippen molar-refractivity contribution in [2.24, 2.45) is 28.6 Å². The van der Waals surface area contributed by atoms with Gasteiger partial charge in [-0.15, -0.1) is 0 Å². The number of rotatable bonds is 1. The Labute approximate surface area is 132 Å². The maximum absolute atomic E-state index is 12.4. The molecule has 3 nitrogen and oxygen atoms in total. The van der Waals surface area contributed by atoms with E-state index in [0.717, 1.165) is 51.4 Å². The maximum atomic E-state index is 12.4. The first kappa shape index (κ1) is 14.9. The summed E-state index contributed by atoms with van der Waals surface area (Å²) >= 11 is 0. The largest absolute Gasteiger partial charge is 0.395 e. The summed E-state index contributed by atoms with van der Waals surface area (Å²) in [4.78, 5) is 12.4. The number of aliphatic hydroxyl groups is 2. The van der Waals surface area contributed by atoms with Crippen molar-refractivity contribution in [3.63, 3.8) is 0 Å². The van der Waals surface area contributed by atoms with Crippen LogP contribution in [0.5, 0.6) is 0 Å². The van der Waals surface area contributed by atoms with Crippen molar-refractivity contribution < 1.29 is 15.0 Å². The smallest absolute Gasteiger partial charge is 0.139 e. The molecule has 122 valence electrons. The summed E-state index contributed by atoms with van der Waals surface area (Å²) < 4.78 is 0. The van der Waals surface area contributed by atoms with E-state index in [0.29, 0.717) is 23.5 Å². The molecule has 4 aliphatic rings. The quantitative estimate of drug-likeness (QED) is 0.732. The van der Waals surface area contributed by atoms with Crippen LogP contribution in [-0.4, -0.2) is 28.7 Å². The minimum atomic E-state index is -0.232. The molecule has 0 aromatic carbocycles. The van der Waals surface area contributed by atoms with E-state index in [1.807, 2.05) is 0 Å². The number of hydrogen-bond acceptors (Lipinski definition) is 3. The highest BCUT2D eigenvalue weighted by Gasteiger charge is 2.59. The molecule has 0 spiro atoms. The van der Waals surface area contributed by atoms with Crippen LogP contribution in [0, 0.1) is 28.6 Å². The molecule has 0 aliphatic heterocycles. The van der Waals surface area contributed by atoms with Crippen LogP contribution in [0.2, 0.25) is 0 Å². The van der Waals surface area contributed by atoms with Gasteiger partial charge in [-0.05, 0) is 62.7 Å². The lowest BCUT2D eigenvalue weighted by atomic mass is 9.47. The second kappa shape index (κ2) is 4.91. The third-order valence-electron chi connectivity index (χ3n) is 7.79.